The number of aromatic nitrogens is 1. The molecule has 1 aromatic heterocycles. The molecule has 1 aliphatic carbocycles. The van der Waals surface area contributed by atoms with Gasteiger partial charge in [0.05, 0.1) is 5.41 Å². The van der Waals surface area contributed by atoms with E-state index in [1.54, 1.807) is 25.1 Å². The third-order valence-electron chi connectivity index (χ3n) is 5.62. The van der Waals surface area contributed by atoms with Crippen LogP contribution in [0.2, 0.25) is 0 Å². The summed E-state index contributed by atoms with van der Waals surface area (Å²) >= 11 is 0. The average Bonchev–Trinajstić information content (AvgIpc) is 3.25. The summed E-state index contributed by atoms with van der Waals surface area (Å²) < 4.78 is 12.9. The maximum atomic E-state index is 12.9. The molecule has 3 heterocycles. The molecule has 3 N–H and O–H groups in total. The molecule has 5 nitrogen and oxygen atoms in total. The third-order valence-corrected chi connectivity index (χ3v) is 5.62. The molecule has 136 valence electrons. The van der Waals surface area contributed by atoms with Crippen molar-refractivity contribution < 1.29 is 9.18 Å². The molecule has 0 spiro atoms. The first-order chi connectivity index (χ1) is 12.5. The molecule has 3 unspecified atom stereocenters. The molecule has 2 aromatic rings. The molecule has 26 heavy (non-hydrogen) atoms. The molecular formula is C20H22FN3O2. The van der Waals surface area contributed by atoms with Crippen molar-refractivity contribution in [2.75, 3.05) is 19.6 Å². The SMILES string of the molecule is C1NCC2CC12.CC1(c2cc(-c3ccc(F)cc3)[nH]c(=O)c2)CNC1=O. The summed E-state index contributed by atoms with van der Waals surface area (Å²) in [5, 5.41) is 6.00. The van der Waals surface area contributed by atoms with E-state index in [0.29, 0.717) is 23.4 Å². The lowest BCUT2D eigenvalue weighted by Gasteiger charge is -2.37. The highest BCUT2D eigenvalue weighted by atomic mass is 19.1. The lowest BCUT2D eigenvalue weighted by atomic mass is 9.76. The van der Waals surface area contributed by atoms with Crippen molar-refractivity contribution in [1.29, 1.82) is 0 Å². The summed E-state index contributed by atoms with van der Waals surface area (Å²) in [6.45, 7) is 4.93. The van der Waals surface area contributed by atoms with Gasteiger partial charge in [-0.15, -0.1) is 0 Å². The summed E-state index contributed by atoms with van der Waals surface area (Å²) in [6, 6.07) is 9.05. The van der Waals surface area contributed by atoms with Crippen LogP contribution in [0, 0.1) is 17.7 Å². The maximum absolute atomic E-state index is 12.9. The molecule has 0 bridgehead atoms. The number of carbonyl (C=O) groups is 1. The first kappa shape index (κ1) is 17.0. The number of aromatic amines is 1. The van der Waals surface area contributed by atoms with Crippen LogP contribution in [0.1, 0.15) is 18.9 Å². The highest BCUT2D eigenvalue weighted by Gasteiger charge is 2.43. The monoisotopic (exact) mass is 355 g/mol. The van der Waals surface area contributed by atoms with Crippen LogP contribution in [0.15, 0.2) is 41.2 Å². The fourth-order valence-electron chi connectivity index (χ4n) is 3.57. The zero-order valence-corrected chi connectivity index (χ0v) is 14.6. The molecule has 1 aromatic carbocycles. The zero-order chi connectivity index (χ0) is 18.3. The number of pyridine rings is 1. The van der Waals surface area contributed by atoms with Gasteiger partial charge in [-0.3, -0.25) is 9.59 Å². The normalized spacial score (nSPS) is 28.3. The van der Waals surface area contributed by atoms with Crippen molar-refractivity contribution in [2.24, 2.45) is 11.8 Å². The van der Waals surface area contributed by atoms with Crippen LogP contribution in [-0.4, -0.2) is 30.5 Å². The average molecular weight is 355 g/mol. The summed E-state index contributed by atoms with van der Waals surface area (Å²) in [4.78, 5) is 26.2. The maximum Gasteiger partial charge on any atom is 0.248 e. The molecule has 3 aliphatic rings. The number of β-lactam (4-membered cyclic amide) rings is 1. The van der Waals surface area contributed by atoms with E-state index < -0.39 is 5.41 Å². The van der Waals surface area contributed by atoms with Gasteiger partial charge < -0.3 is 15.6 Å². The van der Waals surface area contributed by atoms with Crippen molar-refractivity contribution in [3.05, 3.63) is 58.1 Å². The Labute approximate surface area is 151 Å². The van der Waals surface area contributed by atoms with E-state index in [0.717, 1.165) is 11.8 Å². The van der Waals surface area contributed by atoms with Crippen molar-refractivity contribution in [3.8, 4) is 11.3 Å². The quantitative estimate of drug-likeness (QED) is 0.719. The molecule has 3 atom stereocenters. The standard InChI is InChI=1S/C15H13FN2O2.C5H9N/c1-15(8-17-14(15)20)10-6-12(18-13(19)7-10)9-2-4-11(16)5-3-9;1-4-2-6-3-5(1)4/h2-7H,8H2,1H3,(H,17,20)(H,18,19);4-6H,1-3H2. The number of benzene rings is 1. The largest absolute Gasteiger partial charge is 0.354 e. The fourth-order valence-corrected chi connectivity index (χ4v) is 3.57. The second kappa shape index (κ2) is 6.36. The smallest absolute Gasteiger partial charge is 0.248 e. The minimum atomic E-state index is -0.664. The Morgan fingerprint density at radius 1 is 1.08 bits per heavy atom. The fraction of sp³-hybridized carbons (Fsp3) is 0.400. The molecular weight excluding hydrogens is 333 g/mol. The van der Waals surface area contributed by atoms with Crippen LogP contribution in [0.25, 0.3) is 11.3 Å². The summed E-state index contributed by atoms with van der Waals surface area (Å²) in [7, 11) is 0. The Morgan fingerprint density at radius 2 is 1.77 bits per heavy atom. The van der Waals surface area contributed by atoms with Gasteiger partial charge in [-0.05, 0) is 79.7 Å². The van der Waals surface area contributed by atoms with E-state index in [9.17, 15) is 14.0 Å². The van der Waals surface area contributed by atoms with Gasteiger partial charge in [-0.1, -0.05) is 0 Å². The van der Waals surface area contributed by atoms with Crippen LogP contribution in [0.5, 0.6) is 0 Å². The Morgan fingerprint density at radius 3 is 2.23 bits per heavy atom. The second-order valence-electron chi connectivity index (χ2n) is 7.58. The van der Waals surface area contributed by atoms with Gasteiger partial charge in [0, 0.05) is 18.3 Å². The molecule has 6 heteroatoms. The molecule has 1 amide bonds. The van der Waals surface area contributed by atoms with Crippen LogP contribution in [-0.2, 0) is 10.2 Å². The van der Waals surface area contributed by atoms with E-state index in [1.807, 2.05) is 0 Å². The number of fused-ring (bicyclic) bond motifs is 1. The number of halogens is 1. The number of amides is 1. The van der Waals surface area contributed by atoms with Crippen LogP contribution < -0.4 is 16.2 Å². The van der Waals surface area contributed by atoms with Gasteiger partial charge in [0.1, 0.15) is 5.82 Å². The van der Waals surface area contributed by atoms with Gasteiger partial charge in [0.25, 0.3) is 0 Å². The summed E-state index contributed by atoms with van der Waals surface area (Å²) in [5.74, 6) is 1.78. The lowest BCUT2D eigenvalue weighted by molar-refractivity contribution is -0.132. The van der Waals surface area contributed by atoms with Gasteiger partial charge in [-0.2, -0.15) is 0 Å². The Hall–Kier alpha value is -2.47. The molecule has 2 aliphatic heterocycles. The van der Waals surface area contributed by atoms with E-state index >= 15 is 0 Å². The van der Waals surface area contributed by atoms with Crippen molar-refractivity contribution >= 4 is 5.91 Å². The highest BCUT2D eigenvalue weighted by molar-refractivity contribution is 5.94. The number of carbonyl (C=O) groups excluding carboxylic acids is 1. The minimum Gasteiger partial charge on any atom is -0.354 e. The minimum absolute atomic E-state index is 0.0897. The Kier molecular flexibility index (Phi) is 4.15. The summed E-state index contributed by atoms with van der Waals surface area (Å²) in [5.41, 5.74) is 1.01. The van der Waals surface area contributed by atoms with Gasteiger partial charge >= 0.3 is 0 Å². The Bertz CT molecular complexity index is 885. The first-order valence-corrected chi connectivity index (χ1v) is 8.95. The zero-order valence-electron chi connectivity index (χ0n) is 14.6. The van der Waals surface area contributed by atoms with Crippen molar-refractivity contribution in [1.82, 2.24) is 15.6 Å². The third kappa shape index (κ3) is 3.17. The molecule has 2 saturated heterocycles. The Balaban J connectivity index is 0.000000233. The van der Waals surface area contributed by atoms with E-state index in [-0.39, 0.29) is 17.3 Å². The number of H-pyrrole nitrogens is 1. The molecule has 1 saturated carbocycles. The molecule has 3 fully saturated rings. The van der Waals surface area contributed by atoms with Crippen LogP contribution in [0.3, 0.4) is 0 Å². The van der Waals surface area contributed by atoms with E-state index in [4.69, 9.17) is 0 Å². The second-order valence-corrected chi connectivity index (χ2v) is 7.58. The molecule has 0 radical (unpaired) electrons. The first-order valence-electron chi connectivity index (χ1n) is 8.95. The predicted molar refractivity (Wildman–Crippen MR) is 97.3 cm³/mol. The number of hydrogen-bond acceptors (Lipinski definition) is 3. The number of piperidine rings is 1. The van der Waals surface area contributed by atoms with Crippen LogP contribution >= 0.6 is 0 Å². The number of hydrogen-bond donors (Lipinski definition) is 3. The predicted octanol–water partition coefficient (Wildman–Crippen LogP) is 1.79. The van der Waals surface area contributed by atoms with Crippen molar-refractivity contribution in [2.45, 2.75) is 18.8 Å². The van der Waals surface area contributed by atoms with Crippen molar-refractivity contribution in [3.63, 3.8) is 0 Å². The molecule has 5 rings (SSSR count). The number of rotatable bonds is 2. The van der Waals surface area contributed by atoms with E-state index in [2.05, 4.69) is 15.6 Å². The lowest BCUT2D eigenvalue weighted by Crippen LogP contribution is -2.60. The topological polar surface area (TPSA) is 74.0 Å². The van der Waals surface area contributed by atoms with E-state index in [1.165, 1.54) is 37.7 Å². The summed E-state index contributed by atoms with van der Waals surface area (Å²) in [6.07, 6.45) is 1.52. The van der Waals surface area contributed by atoms with Gasteiger partial charge in [0.15, 0.2) is 0 Å². The highest BCUT2D eigenvalue weighted by Crippen LogP contribution is 2.40. The van der Waals surface area contributed by atoms with Gasteiger partial charge in [-0.25, -0.2) is 4.39 Å². The van der Waals surface area contributed by atoms with Crippen LogP contribution in [0.4, 0.5) is 4.39 Å². The number of nitrogens with one attached hydrogen (secondary N) is 3. The van der Waals surface area contributed by atoms with Gasteiger partial charge in [0.2, 0.25) is 11.5 Å².